The molecular weight excluding hydrogens is 552 g/mol. The van der Waals surface area contributed by atoms with Crippen LogP contribution in [0.25, 0.3) is 6.08 Å². The summed E-state index contributed by atoms with van der Waals surface area (Å²) >= 11 is 0. The third kappa shape index (κ3) is 3.58. The molecule has 0 bridgehead atoms. The number of benzene rings is 1. The first kappa shape index (κ1) is 30.1. The minimum atomic E-state index is -0.883. The van der Waals surface area contributed by atoms with Gasteiger partial charge in [-0.2, -0.15) is 0 Å². The number of aliphatic carboxylic acids is 1. The van der Waals surface area contributed by atoms with Crippen LogP contribution in [-0.4, -0.2) is 39.0 Å². The molecule has 0 aromatic heterocycles. The molecule has 0 radical (unpaired) electrons. The van der Waals surface area contributed by atoms with Crippen molar-refractivity contribution < 1.29 is 29.6 Å². The predicted octanol–water partition coefficient (Wildman–Crippen LogP) is 7.54. The number of carboxylic acids is 1. The number of phenolic OH excluding ortho intramolecular Hbond substituents is 1. The number of rotatable bonds is 2. The first-order chi connectivity index (χ1) is 20.5. The lowest BCUT2D eigenvalue weighted by Crippen LogP contribution is -2.66. The SMILES string of the molecule is C[C@@H]1[C@H]2C3=CCC4[C@@]5(C)CC[C@@H]6OC(=O)/C(=C\c7ccc(O)cc7)[C@@]6(C)C5CC[C@@]4(C)[C@]3(C)CC[C@@]2(C(=O)O)CC[C@]1(C)O. The number of carbonyl (C=O) groups is 2. The van der Waals surface area contributed by atoms with Crippen LogP contribution >= 0.6 is 0 Å². The van der Waals surface area contributed by atoms with Gasteiger partial charge in [-0.15, -0.1) is 0 Å². The van der Waals surface area contributed by atoms with Crippen LogP contribution in [0.2, 0.25) is 0 Å². The smallest absolute Gasteiger partial charge is 0.335 e. The summed E-state index contributed by atoms with van der Waals surface area (Å²) in [5, 5.41) is 32.0. The first-order valence-corrected chi connectivity index (χ1v) is 16.9. The van der Waals surface area contributed by atoms with Gasteiger partial charge in [-0.1, -0.05) is 58.4 Å². The number of allylic oxidation sites excluding steroid dienone is 2. The maximum atomic E-state index is 13.5. The van der Waals surface area contributed by atoms with E-state index in [0.29, 0.717) is 25.2 Å². The quantitative estimate of drug-likeness (QED) is 0.184. The van der Waals surface area contributed by atoms with E-state index < -0.39 is 22.4 Å². The highest BCUT2D eigenvalue weighted by molar-refractivity contribution is 5.98. The molecule has 6 aliphatic rings. The molecule has 0 amide bonds. The van der Waals surface area contributed by atoms with Gasteiger partial charge < -0.3 is 20.1 Å². The zero-order valence-electron chi connectivity index (χ0n) is 27.3. The van der Waals surface area contributed by atoms with Crippen molar-refractivity contribution in [3.63, 3.8) is 0 Å². The van der Waals surface area contributed by atoms with Crippen LogP contribution in [0, 0.1) is 50.7 Å². The molecule has 6 heteroatoms. The van der Waals surface area contributed by atoms with Crippen LogP contribution < -0.4 is 0 Å². The van der Waals surface area contributed by atoms with Crippen LogP contribution in [0.5, 0.6) is 5.75 Å². The number of aromatic hydroxyl groups is 1. The Kier molecular flexibility index (Phi) is 6.31. The van der Waals surface area contributed by atoms with E-state index in [9.17, 15) is 24.9 Å². The molecular formula is C38H50O6. The topological polar surface area (TPSA) is 104 Å². The Hall–Kier alpha value is -2.60. The van der Waals surface area contributed by atoms with Crippen molar-refractivity contribution in [2.24, 2.45) is 50.7 Å². The van der Waals surface area contributed by atoms with E-state index in [1.165, 1.54) is 5.57 Å². The Morgan fingerprint density at radius 2 is 1.61 bits per heavy atom. The zero-order chi connectivity index (χ0) is 31.7. The summed E-state index contributed by atoms with van der Waals surface area (Å²) in [5.74, 6) is -0.334. The van der Waals surface area contributed by atoms with Crippen molar-refractivity contribution >= 4 is 18.0 Å². The fraction of sp³-hybridized carbons (Fsp3) is 0.684. The lowest BCUT2D eigenvalue weighted by atomic mass is 9.33. The highest BCUT2D eigenvalue weighted by Gasteiger charge is 2.72. The van der Waals surface area contributed by atoms with Gasteiger partial charge in [-0.3, -0.25) is 4.79 Å². The van der Waals surface area contributed by atoms with Gasteiger partial charge in [0, 0.05) is 16.9 Å². The van der Waals surface area contributed by atoms with Crippen molar-refractivity contribution in [2.75, 3.05) is 0 Å². The van der Waals surface area contributed by atoms with Crippen LogP contribution in [0.15, 0.2) is 41.5 Å². The second kappa shape index (κ2) is 9.24. The number of carboxylic acid groups (broad SMARTS) is 1. The minimum absolute atomic E-state index is 0.0175. The van der Waals surface area contributed by atoms with Gasteiger partial charge in [0.2, 0.25) is 0 Å². The van der Waals surface area contributed by atoms with Gasteiger partial charge in [0.1, 0.15) is 11.9 Å². The molecule has 7 rings (SSSR count). The van der Waals surface area contributed by atoms with Crippen LogP contribution in [-0.2, 0) is 14.3 Å². The molecule has 3 N–H and O–H groups in total. The van der Waals surface area contributed by atoms with Crippen molar-refractivity contribution in [3.05, 3.63) is 47.1 Å². The second-order valence-electron chi connectivity index (χ2n) is 16.7. The molecule has 238 valence electrons. The van der Waals surface area contributed by atoms with Gasteiger partial charge in [0.25, 0.3) is 0 Å². The molecule has 44 heavy (non-hydrogen) atoms. The molecule has 0 spiro atoms. The van der Waals surface area contributed by atoms with Crippen molar-refractivity contribution in [3.8, 4) is 5.75 Å². The molecule has 1 aromatic rings. The number of esters is 1. The lowest BCUT2D eigenvalue weighted by molar-refractivity contribution is -0.204. The largest absolute Gasteiger partial charge is 0.508 e. The molecule has 11 atom stereocenters. The highest BCUT2D eigenvalue weighted by atomic mass is 16.6. The summed E-state index contributed by atoms with van der Waals surface area (Å²) in [6.07, 6.45) is 11.6. The molecule has 6 nitrogen and oxygen atoms in total. The van der Waals surface area contributed by atoms with Crippen molar-refractivity contribution in [1.29, 1.82) is 0 Å². The maximum absolute atomic E-state index is 13.5. The average molecular weight is 603 g/mol. The molecule has 5 aliphatic carbocycles. The zero-order valence-corrected chi connectivity index (χ0v) is 27.3. The van der Waals surface area contributed by atoms with E-state index in [2.05, 4.69) is 40.7 Å². The number of hydrogen-bond donors (Lipinski definition) is 3. The Bertz CT molecular complexity index is 1470. The minimum Gasteiger partial charge on any atom is -0.508 e. The van der Waals surface area contributed by atoms with E-state index in [0.717, 1.165) is 49.7 Å². The number of phenols is 1. The van der Waals surface area contributed by atoms with Gasteiger partial charge in [0.05, 0.1) is 11.0 Å². The van der Waals surface area contributed by atoms with E-state index in [-0.39, 0.29) is 51.8 Å². The first-order valence-electron chi connectivity index (χ1n) is 16.9. The molecule has 1 saturated heterocycles. The summed E-state index contributed by atoms with van der Waals surface area (Å²) in [4.78, 5) is 26.5. The Balaban J connectivity index is 1.31. The third-order valence-corrected chi connectivity index (χ3v) is 15.4. The average Bonchev–Trinajstić information content (AvgIpc) is 3.21. The summed E-state index contributed by atoms with van der Waals surface area (Å²) in [6.45, 7) is 13.6. The van der Waals surface area contributed by atoms with Crippen molar-refractivity contribution in [1.82, 2.24) is 0 Å². The fourth-order valence-electron chi connectivity index (χ4n) is 12.4. The standard InChI is InChI=1S/C38H50O6/c1-22-30-25-11-12-27-33(2)15-14-29-37(6,26(31(40)44-29)21-23-7-9-24(39)10-8-23)28(33)13-16-35(27,4)34(25,3)17-19-38(30,32(41)42)20-18-36(22,5)43/h7-11,21-22,27-30,39,43H,12-20H2,1-6H3,(H,41,42)/b26-21+/t22-,27?,28?,29+,30+,33-,34-,35-,36+,37+,38-/m1/s1. The van der Waals surface area contributed by atoms with E-state index in [4.69, 9.17) is 4.74 Å². The third-order valence-electron chi connectivity index (χ3n) is 15.4. The van der Waals surface area contributed by atoms with E-state index in [1.807, 2.05) is 25.1 Å². The number of carbonyl (C=O) groups excluding carboxylic acids is 1. The van der Waals surface area contributed by atoms with Crippen LogP contribution in [0.3, 0.4) is 0 Å². The lowest BCUT2D eigenvalue weighted by Gasteiger charge is -2.71. The molecule has 2 unspecified atom stereocenters. The van der Waals surface area contributed by atoms with Crippen LogP contribution in [0.1, 0.15) is 105 Å². The van der Waals surface area contributed by atoms with Gasteiger partial charge >= 0.3 is 11.9 Å². The number of hydrogen-bond acceptors (Lipinski definition) is 5. The molecule has 1 aromatic carbocycles. The maximum Gasteiger partial charge on any atom is 0.335 e. The van der Waals surface area contributed by atoms with E-state index >= 15 is 0 Å². The monoisotopic (exact) mass is 602 g/mol. The normalized spacial score (nSPS) is 50.3. The molecule has 1 aliphatic heterocycles. The van der Waals surface area contributed by atoms with Crippen molar-refractivity contribution in [2.45, 2.75) is 111 Å². The Labute approximate surface area is 262 Å². The molecule has 4 saturated carbocycles. The predicted molar refractivity (Wildman–Crippen MR) is 168 cm³/mol. The van der Waals surface area contributed by atoms with Gasteiger partial charge in [-0.25, -0.2) is 4.79 Å². The Morgan fingerprint density at radius 1 is 0.932 bits per heavy atom. The van der Waals surface area contributed by atoms with Crippen LogP contribution in [0.4, 0.5) is 0 Å². The van der Waals surface area contributed by atoms with Gasteiger partial charge in [0.15, 0.2) is 0 Å². The van der Waals surface area contributed by atoms with E-state index in [1.54, 1.807) is 12.1 Å². The summed E-state index contributed by atoms with van der Waals surface area (Å²) < 4.78 is 6.11. The highest BCUT2D eigenvalue weighted by Crippen LogP contribution is 2.77. The summed E-state index contributed by atoms with van der Waals surface area (Å²) in [6, 6.07) is 7.02. The Morgan fingerprint density at radius 3 is 2.30 bits per heavy atom. The summed E-state index contributed by atoms with van der Waals surface area (Å²) in [5.41, 5.74) is 0.656. The summed E-state index contributed by atoms with van der Waals surface area (Å²) in [7, 11) is 0. The molecule has 5 fully saturated rings. The number of ether oxygens (including phenoxy) is 1. The number of aliphatic hydroxyl groups is 1. The second-order valence-corrected chi connectivity index (χ2v) is 16.7. The van der Waals surface area contributed by atoms with Gasteiger partial charge in [-0.05, 0) is 122 Å². The fourth-order valence-corrected chi connectivity index (χ4v) is 12.4. The molecule has 1 heterocycles. The number of fused-ring (bicyclic) bond motifs is 9.